The molecule has 0 spiro atoms. The summed E-state index contributed by atoms with van der Waals surface area (Å²) in [5.41, 5.74) is 4.25. The lowest BCUT2D eigenvalue weighted by atomic mass is 9.98. The summed E-state index contributed by atoms with van der Waals surface area (Å²) in [6.45, 7) is 0.692. The molecule has 2 atom stereocenters. The maximum absolute atomic E-state index is 12.8. The lowest BCUT2D eigenvalue weighted by Crippen LogP contribution is -2.49. The number of aromatic nitrogens is 2. The van der Waals surface area contributed by atoms with Gasteiger partial charge in [-0.1, -0.05) is 36.4 Å². The standard InChI is InChI=1S/C20H18N4O/c25-20-19(15-10-22-17-8-4-2-6-13(15)17)23-11-18(24-20)14-9-21-16-7-3-1-5-12(14)16/h1-10,18-19,21-23H,11H2,(H,24,25)/t18-,19-/m1/s1. The van der Waals surface area contributed by atoms with Crippen LogP contribution >= 0.6 is 0 Å². The second-order valence-corrected chi connectivity index (χ2v) is 6.48. The molecule has 25 heavy (non-hydrogen) atoms. The fourth-order valence-electron chi connectivity index (χ4n) is 3.79. The Morgan fingerprint density at radius 1 is 0.800 bits per heavy atom. The molecule has 1 amide bonds. The molecule has 0 radical (unpaired) electrons. The van der Waals surface area contributed by atoms with Gasteiger partial charge in [0.15, 0.2) is 0 Å². The van der Waals surface area contributed by atoms with Crippen LogP contribution in [0.5, 0.6) is 0 Å². The summed E-state index contributed by atoms with van der Waals surface area (Å²) < 4.78 is 0. The fourth-order valence-corrected chi connectivity index (χ4v) is 3.79. The molecule has 5 rings (SSSR count). The summed E-state index contributed by atoms with van der Waals surface area (Å²) in [6, 6.07) is 15.8. The largest absolute Gasteiger partial charge is 0.361 e. The van der Waals surface area contributed by atoms with Crippen LogP contribution in [-0.4, -0.2) is 22.4 Å². The minimum atomic E-state index is -0.336. The van der Waals surface area contributed by atoms with Gasteiger partial charge in [-0.15, -0.1) is 0 Å². The van der Waals surface area contributed by atoms with Crippen molar-refractivity contribution in [1.82, 2.24) is 20.6 Å². The molecular weight excluding hydrogens is 312 g/mol. The molecule has 0 unspecified atom stereocenters. The second kappa shape index (κ2) is 5.50. The number of carbonyl (C=O) groups is 1. The first-order valence-electron chi connectivity index (χ1n) is 8.47. The molecule has 2 aromatic heterocycles. The van der Waals surface area contributed by atoms with Crippen LogP contribution < -0.4 is 10.6 Å². The first kappa shape index (κ1) is 14.3. The molecule has 5 nitrogen and oxygen atoms in total. The second-order valence-electron chi connectivity index (χ2n) is 6.48. The molecule has 124 valence electrons. The fraction of sp³-hybridized carbons (Fsp3) is 0.150. The third-order valence-electron chi connectivity index (χ3n) is 5.03. The van der Waals surface area contributed by atoms with E-state index in [4.69, 9.17) is 0 Å². The number of carbonyl (C=O) groups excluding carboxylic acids is 1. The Bertz CT molecular complexity index is 1080. The predicted octanol–water partition coefficient (Wildman–Crippen LogP) is 3.15. The van der Waals surface area contributed by atoms with Crippen molar-refractivity contribution in [2.45, 2.75) is 12.1 Å². The van der Waals surface area contributed by atoms with E-state index in [1.807, 2.05) is 54.9 Å². The van der Waals surface area contributed by atoms with Gasteiger partial charge in [-0.25, -0.2) is 0 Å². The summed E-state index contributed by atoms with van der Waals surface area (Å²) in [6.07, 6.45) is 3.91. The molecular formula is C20H18N4O. The number of piperazine rings is 1. The highest BCUT2D eigenvalue weighted by Crippen LogP contribution is 2.30. The monoisotopic (exact) mass is 330 g/mol. The molecule has 5 heteroatoms. The first-order valence-corrected chi connectivity index (χ1v) is 8.47. The van der Waals surface area contributed by atoms with Crippen molar-refractivity contribution < 1.29 is 4.79 Å². The number of para-hydroxylation sites is 2. The SMILES string of the molecule is O=C1N[C@@H](c2c[nH]c3ccccc23)CN[C@@H]1c1c[nH]c2ccccc12. The summed E-state index contributed by atoms with van der Waals surface area (Å²) in [5.74, 6) is 0.00582. The molecule has 3 heterocycles. The Kier molecular flexibility index (Phi) is 3.15. The topological polar surface area (TPSA) is 72.7 Å². The summed E-state index contributed by atoms with van der Waals surface area (Å²) in [7, 11) is 0. The van der Waals surface area contributed by atoms with Crippen LogP contribution in [0, 0.1) is 0 Å². The average Bonchev–Trinajstić information content (AvgIpc) is 3.26. The Morgan fingerprint density at radius 2 is 1.40 bits per heavy atom. The molecule has 1 aliphatic heterocycles. The van der Waals surface area contributed by atoms with E-state index in [1.165, 1.54) is 0 Å². The molecule has 4 aromatic rings. The van der Waals surface area contributed by atoms with Gasteiger partial charge in [-0.3, -0.25) is 10.1 Å². The van der Waals surface area contributed by atoms with Crippen molar-refractivity contribution in [2.75, 3.05) is 6.54 Å². The maximum Gasteiger partial charge on any atom is 0.242 e. The molecule has 0 saturated carbocycles. The first-order chi connectivity index (χ1) is 12.3. The van der Waals surface area contributed by atoms with Gasteiger partial charge in [0.05, 0.1) is 6.04 Å². The Labute approximate surface area is 144 Å². The summed E-state index contributed by atoms with van der Waals surface area (Å²) in [5, 5.41) is 8.84. The van der Waals surface area contributed by atoms with E-state index in [1.54, 1.807) is 0 Å². The molecule has 4 N–H and O–H groups in total. The average molecular weight is 330 g/mol. The summed E-state index contributed by atoms with van der Waals surface area (Å²) in [4.78, 5) is 19.3. The third-order valence-corrected chi connectivity index (χ3v) is 5.03. The zero-order chi connectivity index (χ0) is 16.8. The minimum Gasteiger partial charge on any atom is -0.361 e. The highest BCUT2D eigenvalue weighted by Gasteiger charge is 2.31. The predicted molar refractivity (Wildman–Crippen MR) is 98.2 cm³/mol. The van der Waals surface area contributed by atoms with Gasteiger partial charge < -0.3 is 15.3 Å². The molecule has 0 aliphatic carbocycles. The number of fused-ring (bicyclic) bond motifs is 2. The normalized spacial score (nSPS) is 20.9. The Balaban J connectivity index is 1.45. The highest BCUT2D eigenvalue weighted by atomic mass is 16.2. The van der Waals surface area contributed by atoms with Crippen LogP contribution in [0.3, 0.4) is 0 Å². The smallest absolute Gasteiger partial charge is 0.242 e. The van der Waals surface area contributed by atoms with E-state index in [0.29, 0.717) is 6.54 Å². The van der Waals surface area contributed by atoms with Crippen LogP contribution in [0.15, 0.2) is 60.9 Å². The molecule has 1 fully saturated rings. The van der Waals surface area contributed by atoms with Crippen molar-refractivity contribution >= 4 is 27.7 Å². The van der Waals surface area contributed by atoms with Gasteiger partial charge in [0, 0.05) is 51.9 Å². The number of hydrogen-bond donors (Lipinski definition) is 4. The van der Waals surface area contributed by atoms with Crippen molar-refractivity contribution in [2.24, 2.45) is 0 Å². The van der Waals surface area contributed by atoms with Crippen LogP contribution in [0.4, 0.5) is 0 Å². The van der Waals surface area contributed by atoms with Gasteiger partial charge >= 0.3 is 0 Å². The van der Waals surface area contributed by atoms with E-state index in [0.717, 1.165) is 32.9 Å². The number of benzene rings is 2. The number of hydrogen-bond acceptors (Lipinski definition) is 2. The number of rotatable bonds is 2. The van der Waals surface area contributed by atoms with E-state index in [9.17, 15) is 4.79 Å². The molecule has 2 aromatic carbocycles. The number of nitrogens with one attached hydrogen (secondary N) is 4. The Hall–Kier alpha value is -3.05. The van der Waals surface area contributed by atoms with Crippen molar-refractivity contribution in [3.8, 4) is 0 Å². The summed E-state index contributed by atoms with van der Waals surface area (Å²) >= 11 is 0. The van der Waals surface area contributed by atoms with Crippen LogP contribution in [-0.2, 0) is 4.79 Å². The van der Waals surface area contributed by atoms with Gasteiger partial charge in [0.1, 0.15) is 6.04 Å². The van der Waals surface area contributed by atoms with E-state index in [2.05, 4.69) is 26.7 Å². The zero-order valence-electron chi connectivity index (χ0n) is 13.5. The van der Waals surface area contributed by atoms with E-state index >= 15 is 0 Å². The molecule has 1 saturated heterocycles. The van der Waals surface area contributed by atoms with Gasteiger partial charge in [0.25, 0.3) is 0 Å². The van der Waals surface area contributed by atoms with Gasteiger partial charge in [-0.2, -0.15) is 0 Å². The lowest BCUT2D eigenvalue weighted by Gasteiger charge is -2.30. The van der Waals surface area contributed by atoms with Gasteiger partial charge in [0.2, 0.25) is 5.91 Å². The third kappa shape index (κ3) is 2.24. The Morgan fingerprint density at radius 3 is 2.08 bits per heavy atom. The zero-order valence-corrected chi connectivity index (χ0v) is 13.5. The number of aromatic amines is 2. The van der Waals surface area contributed by atoms with Crippen LogP contribution in [0.1, 0.15) is 23.2 Å². The van der Waals surface area contributed by atoms with Crippen molar-refractivity contribution in [3.63, 3.8) is 0 Å². The van der Waals surface area contributed by atoms with Crippen molar-refractivity contribution in [1.29, 1.82) is 0 Å². The van der Waals surface area contributed by atoms with Crippen molar-refractivity contribution in [3.05, 3.63) is 72.1 Å². The lowest BCUT2D eigenvalue weighted by molar-refractivity contribution is -0.125. The van der Waals surface area contributed by atoms with Crippen LogP contribution in [0.2, 0.25) is 0 Å². The quantitative estimate of drug-likeness (QED) is 0.456. The number of amides is 1. The van der Waals surface area contributed by atoms with E-state index < -0.39 is 0 Å². The molecule has 0 bridgehead atoms. The molecule has 1 aliphatic rings. The highest BCUT2D eigenvalue weighted by molar-refractivity contribution is 5.93. The maximum atomic E-state index is 12.8. The minimum absolute atomic E-state index is 0.00582. The van der Waals surface area contributed by atoms with E-state index in [-0.39, 0.29) is 18.0 Å². The number of H-pyrrole nitrogens is 2. The van der Waals surface area contributed by atoms with Crippen LogP contribution in [0.25, 0.3) is 21.8 Å². The van der Waals surface area contributed by atoms with Gasteiger partial charge in [-0.05, 0) is 12.1 Å².